The second-order valence-corrected chi connectivity index (χ2v) is 5.24. The van der Waals surface area contributed by atoms with Crippen LogP contribution in [0.2, 0.25) is 0 Å². The number of halogens is 2. The first-order valence-electron chi connectivity index (χ1n) is 3.79. The third-order valence-electron chi connectivity index (χ3n) is 1.87. The summed E-state index contributed by atoms with van der Waals surface area (Å²) >= 11 is 6.30. The van der Waals surface area contributed by atoms with Crippen LogP contribution in [-0.4, -0.2) is 27.8 Å². The van der Waals surface area contributed by atoms with Crippen LogP contribution in [0.1, 0.15) is 5.56 Å². The van der Waals surface area contributed by atoms with Crippen LogP contribution in [0.15, 0.2) is 10.5 Å². The van der Waals surface area contributed by atoms with Gasteiger partial charge < -0.3 is 0 Å². The van der Waals surface area contributed by atoms with E-state index in [1.807, 2.05) is 0 Å². The van der Waals surface area contributed by atoms with E-state index in [1.54, 1.807) is 6.07 Å². The topological polar surface area (TPSA) is 68.9 Å². The molecule has 8 heteroatoms. The van der Waals surface area contributed by atoms with Crippen molar-refractivity contribution in [2.24, 2.45) is 0 Å². The molecule has 0 radical (unpaired) electrons. The molecule has 0 aliphatic heterocycles. The molecule has 2 rings (SSSR count). The Morgan fingerprint density at radius 2 is 2.13 bits per heavy atom. The van der Waals surface area contributed by atoms with Gasteiger partial charge in [0.25, 0.3) is 0 Å². The number of benzene rings is 1. The van der Waals surface area contributed by atoms with Gasteiger partial charge in [0.1, 0.15) is 0 Å². The van der Waals surface area contributed by atoms with E-state index < -0.39 is 4.92 Å². The number of alkyl halides is 1. The zero-order chi connectivity index (χ0) is 11.0. The Bertz CT molecular complexity index is 542. The quantitative estimate of drug-likeness (QED) is 0.336. The van der Waals surface area contributed by atoms with E-state index >= 15 is 0 Å². The van der Waals surface area contributed by atoms with Crippen molar-refractivity contribution < 1.29 is 4.92 Å². The number of nitro benzene ring substituents is 1. The first kappa shape index (κ1) is 11.2. The van der Waals surface area contributed by atoms with Gasteiger partial charge in [0, 0.05) is 0 Å². The van der Waals surface area contributed by atoms with Crippen molar-refractivity contribution in [2.75, 3.05) is 0 Å². The van der Waals surface area contributed by atoms with Crippen molar-refractivity contribution in [3.05, 3.63) is 26.2 Å². The molecule has 0 aliphatic carbocycles. The number of hydrogen-bond acceptors (Lipinski definition) is 4. The van der Waals surface area contributed by atoms with Gasteiger partial charge in [-0.3, -0.25) is 0 Å². The van der Waals surface area contributed by atoms with Crippen LogP contribution in [0, 0.1) is 10.1 Å². The molecule has 2 aromatic rings. The van der Waals surface area contributed by atoms with Gasteiger partial charge in [0.15, 0.2) is 0 Å². The molecular weight excluding hydrogens is 397 g/mol. The van der Waals surface area contributed by atoms with Crippen LogP contribution >= 0.6 is 31.9 Å². The van der Waals surface area contributed by atoms with Crippen molar-refractivity contribution in [1.29, 1.82) is 0 Å². The molecule has 0 saturated carbocycles. The number of nitrogens with zero attached hydrogens (tertiary/aromatic N) is 3. The summed E-state index contributed by atoms with van der Waals surface area (Å²) in [5, 5.41) is 11.4. The molecule has 0 spiro atoms. The van der Waals surface area contributed by atoms with Crippen molar-refractivity contribution >= 4 is 63.5 Å². The van der Waals surface area contributed by atoms with E-state index in [0.717, 1.165) is 4.47 Å². The molecule has 0 bridgehead atoms. The number of hydrogen-bond donors (Lipinski definition) is 0. The average Bonchev–Trinajstić information content (AvgIpc) is 2.65. The van der Waals surface area contributed by atoms with Gasteiger partial charge in [-0.1, -0.05) is 0 Å². The van der Waals surface area contributed by atoms with E-state index in [-0.39, 0.29) is 20.6 Å². The van der Waals surface area contributed by atoms with Gasteiger partial charge >= 0.3 is 108 Å². The minimum atomic E-state index is -0.401. The molecule has 78 valence electrons. The third kappa shape index (κ3) is 1.87. The SMILES string of the molecule is O=[N+]([O-])c1c(CBr)cc(Br)c2n[se]nc12. The summed E-state index contributed by atoms with van der Waals surface area (Å²) in [5.41, 5.74) is 1.69. The summed E-state index contributed by atoms with van der Waals surface area (Å²) in [4.78, 5) is 10.5. The molecule has 0 saturated heterocycles. The second kappa shape index (κ2) is 4.29. The Kier molecular flexibility index (Phi) is 3.20. The summed E-state index contributed by atoms with van der Waals surface area (Å²) < 4.78 is 9.00. The first-order valence-corrected chi connectivity index (χ1v) is 7.23. The zero-order valence-corrected chi connectivity index (χ0v) is 12.0. The standard InChI is InChI=1S/C7H3Br2N3O2Se/c8-2-3-1-4(9)5-6(11-15-10-5)7(3)12(13)14/h1H,2H2. The van der Waals surface area contributed by atoms with Gasteiger partial charge in [-0.05, 0) is 0 Å². The third-order valence-corrected chi connectivity index (χ3v) is 4.19. The van der Waals surface area contributed by atoms with Gasteiger partial charge in [-0.2, -0.15) is 0 Å². The minimum absolute atomic E-state index is 0.0631. The summed E-state index contributed by atoms with van der Waals surface area (Å²) in [5.74, 6) is 0. The van der Waals surface area contributed by atoms with Gasteiger partial charge in [0.05, 0.1) is 0 Å². The predicted molar refractivity (Wildman–Crippen MR) is 63.5 cm³/mol. The monoisotopic (exact) mass is 399 g/mol. The molecule has 1 aromatic carbocycles. The molecule has 5 nitrogen and oxygen atoms in total. The zero-order valence-electron chi connectivity index (χ0n) is 7.11. The van der Waals surface area contributed by atoms with Crippen LogP contribution < -0.4 is 0 Å². The summed E-state index contributed by atoms with van der Waals surface area (Å²) in [6, 6.07) is 1.71. The van der Waals surface area contributed by atoms with Crippen LogP contribution in [0.4, 0.5) is 5.69 Å². The molecule has 0 unspecified atom stereocenters. The molecular formula is C7H3Br2N3O2Se. The van der Waals surface area contributed by atoms with Crippen LogP contribution in [0.5, 0.6) is 0 Å². The molecule has 1 aromatic heterocycles. The van der Waals surface area contributed by atoms with Crippen molar-refractivity contribution in [2.45, 2.75) is 5.33 Å². The maximum absolute atomic E-state index is 10.9. The molecule has 0 atom stereocenters. The van der Waals surface area contributed by atoms with E-state index in [2.05, 4.69) is 39.8 Å². The first-order chi connectivity index (χ1) is 7.15. The summed E-state index contributed by atoms with van der Waals surface area (Å²) in [7, 11) is 0. The van der Waals surface area contributed by atoms with Crippen LogP contribution in [-0.2, 0) is 5.33 Å². The molecule has 0 N–H and O–H groups in total. The number of aromatic nitrogens is 2. The Morgan fingerprint density at radius 1 is 1.47 bits per heavy atom. The van der Waals surface area contributed by atoms with Crippen LogP contribution in [0.25, 0.3) is 11.0 Å². The summed E-state index contributed by atoms with van der Waals surface area (Å²) in [6.45, 7) is 0. The Hall–Kier alpha value is -0.301. The van der Waals surface area contributed by atoms with E-state index in [4.69, 9.17) is 0 Å². The van der Waals surface area contributed by atoms with Crippen molar-refractivity contribution in [1.82, 2.24) is 7.96 Å². The van der Waals surface area contributed by atoms with E-state index in [9.17, 15) is 10.1 Å². The van der Waals surface area contributed by atoms with Crippen molar-refractivity contribution in [3.8, 4) is 0 Å². The van der Waals surface area contributed by atoms with Gasteiger partial charge in [-0.25, -0.2) is 0 Å². The fourth-order valence-electron chi connectivity index (χ4n) is 1.25. The Morgan fingerprint density at radius 3 is 2.73 bits per heavy atom. The number of nitro groups is 1. The van der Waals surface area contributed by atoms with Gasteiger partial charge in [-0.15, -0.1) is 0 Å². The summed E-state index contributed by atoms with van der Waals surface area (Å²) in [6.07, 6.45) is 0. The van der Waals surface area contributed by atoms with Crippen molar-refractivity contribution in [3.63, 3.8) is 0 Å². The number of rotatable bonds is 2. The molecule has 15 heavy (non-hydrogen) atoms. The van der Waals surface area contributed by atoms with Crippen LogP contribution in [0.3, 0.4) is 0 Å². The molecule has 0 fully saturated rings. The van der Waals surface area contributed by atoms with E-state index in [0.29, 0.717) is 21.9 Å². The fraction of sp³-hybridized carbons (Fsp3) is 0.143. The Balaban J connectivity index is 2.89. The normalized spacial score (nSPS) is 10.8. The fourth-order valence-corrected chi connectivity index (χ4v) is 3.67. The van der Waals surface area contributed by atoms with E-state index in [1.165, 1.54) is 0 Å². The molecule has 1 heterocycles. The Labute approximate surface area is 108 Å². The van der Waals surface area contributed by atoms with Gasteiger partial charge in [0.2, 0.25) is 0 Å². The molecule has 0 aliphatic rings. The maximum atomic E-state index is 10.9. The predicted octanol–water partition coefficient (Wildman–Crippen LogP) is 2.25. The second-order valence-electron chi connectivity index (χ2n) is 2.72. The molecule has 0 amide bonds. The number of fused-ring (bicyclic) bond motifs is 1. The average molecular weight is 400 g/mol.